The molecule has 1 fully saturated rings. The number of carbonyl (C=O) groups is 1. The first-order valence-electron chi connectivity index (χ1n) is 5.34. The molecule has 1 atom stereocenters. The molecule has 0 aromatic carbocycles. The molecule has 0 aliphatic carbocycles. The van der Waals surface area contributed by atoms with Crippen LogP contribution in [0, 0.1) is 0 Å². The van der Waals surface area contributed by atoms with E-state index in [0.717, 1.165) is 25.8 Å². The molecule has 0 aromatic heterocycles. The predicted molar refractivity (Wildman–Crippen MR) is 55.1 cm³/mol. The summed E-state index contributed by atoms with van der Waals surface area (Å²) in [4.78, 5) is 11.5. The number of methoxy groups -OCH3 is 1. The van der Waals surface area contributed by atoms with Gasteiger partial charge in [-0.25, -0.2) is 0 Å². The van der Waals surface area contributed by atoms with Gasteiger partial charge in [0, 0.05) is 20.3 Å². The van der Waals surface area contributed by atoms with E-state index in [1.165, 1.54) is 6.42 Å². The number of rotatable bonds is 5. The summed E-state index contributed by atoms with van der Waals surface area (Å²) >= 11 is 0. The Morgan fingerprint density at radius 1 is 1.57 bits per heavy atom. The van der Waals surface area contributed by atoms with Gasteiger partial charge in [-0.15, -0.1) is 0 Å². The highest BCUT2D eigenvalue weighted by Gasteiger charge is 2.19. The van der Waals surface area contributed by atoms with Crippen LogP contribution in [-0.4, -0.2) is 38.8 Å². The van der Waals surface area contributed by atoms with E-state index in [2.05, 4.69) is 10.6 Å². The van der Waals surface area contributed by atoms with Gasteiger partial charge in [-0.05, 0) is 25.8 Å². The van der Waals surface area contributed by atoms with Gasteiger partial charge < -0.3 is 15.4 Å². The Balaban J connectivity index is 2.07. The zero-order valence-electron chi connectivity index (χ0n) is 8.84. The van der Waals surface area contributed by atoms with E-state index in [-0.39, 0.29) is 11.9 Å². The van der Waals surface area contributed by atoms with Crippen LogP contribution in [0.5, 0.6) is 0 Å². The highest BCUT2D eigenvalue weighted by molar-refractivity contribution is 5.81. The molecular formula is C10H20N2O2. The van der Waals surface area contributed by atoms with Gasteiger partial charge in [0.2, 0.25) is 5.91 Å². The summed E-state index contributed by atoms with van der Waals surface area (Å²) < 4.78 is 4.90. The van der Waals surface area contributed by atoms with Crippen LogP contribution in [0.2, 0.25) is 0 Å². The number of piperidine rings is 1. The topological polar surface area (TPSA) is 50.4 Å². The highest BCUT2D eigenvalue weighted by atomic mass is 16.5. The third-order valence-corrected chi connectivity index (χ3v) is 2.45. The monoisotopic (exact) mass is 200 g/mol. The quantitative estimate of drug-likeness (QED) is 0.627. The van der Waals surface area contributed by atoms with Gasteiger partial charge in [0.05, 0.1) is 6.04 Å². The standard InChI is InChI=1S/C10H20N2O2/c1-14-8-4-7-12-10(13)9-5-2-3-6-11-9/h9,11H,2-8H2,1H3,(H,12,13)/t9-/m0/s1. The molecule has 4 nitrogen and oxygen atoms in total. The molecule has 0 unspecified atom stereocenters. The number of amides is 1. The lowest BCUT2D eigenvalue weighted by atomic mass is 10.0. The second kappa shape index (κ2) is 6.79. The summed E-state index contributed by atoms with van der Waals surface area (Å²) in [5.74, 6) is 0.140. The molecular weight excluding hydrogens is 180 g/mol. The van der Waals surface area contributed by atoms with E-state index >= 15 is 0 Å². The van der Waals surface area contributed by atoms with Crippen molar-refractivity contribution in [2.45, 2.75) is 31.7 Å². The maximum absolute atomic E-state index is 11.5. The van der Waals surface area contributed by atoms with Gasteiger partial charge in [0.1, 0.15) is 0 Å². The van der Waals surface area contributed by atoms with Crippen LogP contribution in [0.3, 0.4) is 0 Å². The Hall–Kier alpha value is -0.610. The molecule has 0 radical (unpaired) electrons. The van der Waals surface area contributed by atoms with Crippen LogP contribution in [0.25, 0.3) is 0 Å². The molecule has 4 heteroatoms. The van der Waals surface area contributed by atoms with Crippen molar-refractivity contribution in [3.05, 3.63) is 0 Å². The second-order valence-corrected chi connectivity index (χ2v) is 3.64. The SMILES string of the molecule is COCCCNC(=O)[C@@H]1CCCCN1. The summed E-state index contributed by atoms with van der Waals surface area (Å²) in [5, 5.41) is 6.12. The van der Waals surface area contributed by atoms with Crippen molar-refractivity contribution >= 4 is 5.91 Å². The van der Waals surface area contributed by atoms with Crippen LogP contribution in [0.1, 0.15) is 25.7 Å². The summed E-state index contributed by atoms with van der Waals surface area (Å²) in [7, 11) is 1.67. The maximum Gasteiger partial charge on any atom is 0.237 e. The fourth-order valence-electron chi connectivity index (χ4n) is 1.63. The van der Waals surface area contributed by atoms with E-state index < -0.39 is 0 Å². The first-order valence-corrected chi connectivity index (χ1v) is 5.34. The van der Waals surface area contributed by atoms with Crippen molar-refractivity contribution in [2.24, 2.45) is 0 Å². The molecule has 14 heavy (non-hydrogen) atoms. The fraction of sp³-hybridized carbons (Fsp3) is 0.900. The molecule has 82 valence electrons. The van der Waals surface area contributed by atoms with Crippen LogP contribution in [0.4, 0.5) is 0 Å². The van der Waals surface area contributed by atoms with Crippen LogP contribution >= 0.6 is 0 Å². The van der Waals surface area contributed by atoms with E-state index in [1.807, 2.05) is 0 Å². The van der Waals surface area contributed by atoms with Gasteiger partial charge in [-0.1, -0.05) is 6.42 Å². The number of carbonyl (C=O) groups excluding carboxylic acids is 1. The molecule has 0 bridgehead atoms. The van der Waals surface area contributed by atoms with Gasteiger partial charge in [-0.2, -0.15) is 0 Å². The molecule has 0 aromatic rings. The van der Waals surface area contributed by atoms with Crippen molar-refractivity contribution in [1.29, 1.82) is 0 Å². The molecule has 1 amide bonds. The van der Waals surface area contributed by atoms with E-state index in [4.69, 9.17) is 4.74 Å². The Bertz CT molecular complexity index is 168. The van der Waals surface area contributed by atoms with Crippen molar-refractivity contribution in [3.8, 4) is 0 Å². The minimum absolute atomic E-state index is 0.0336. The molecule has 1 aliphatic heterocycles. The number of hydrogen-bond donors (Lipinski definition) is 2. The number of nitrogens with one attached hydrogen (secondary N) is 2. The summed E-state index contributed by atoms with van der Waals surface area (Å²) in [6, 6.07) is 0.0336. The van der Waals surface area contributed by atoms with E-state index in [9.17, 15) is 4.79 Å². The normalized spacial score (nSPS) is 21.9. The Morgan fingerprint density at radius 3 is 3.07 bits per heavy atom. The van der Waals surface area contributed by atoms with Gasteiger partial charge in [0.25, 0.3) is 0 Å². The van der Waals surface area contributed by atoms with Gasteiger partial charge >= 0.3 is 0 Å². The minimum Gasteiger partial charge on any atom is -0.385 e. The fourth-order valence-corrected chi connectivity index (χ4v) is 1.63. The number of ether oxygens (including phenoxy) is 1. The zero-order chi connectivity index (χ0) is 10.2. The lowest BCUT2D eigenvalue weighted by molar-refractivity contribution is -0.123. The van der Waals surface area contributed by atoms with Crippen molar-refractivity contribution in [2.75, 3.05) is 26.8 Å². The molecule has 1 heterocycles. The third-order valence-electron chi connectivity index (χ3n) is 2.45. The summed E-state index contributed by atoms with van der Waals surface area (Å²) in [6.07, 6.45) is 4.20. The Kier molecular flexibility index (Phi) is 5.56. The van der Waals surface area contributed by atoms with Crippen molar-refractivity contribution in [3.63, 3.8) is 0 Å². The highest BCUT2D eigenvalue weighted by Crippen LogP contribution is 2.06. The molecule has 1 aliphatic rings. The van der Waals surface area contributed by atoms with Crippen molar-refractivity contribution in [1.82, 2.24) is 10.6 Å². The van der Waals surface area contributed by atoms with Gasteiger partial charge in [-0.3, -0.25) is 4.79 Å². The smallest absolute Gasteiger partial charge is 0.237 e. The summed E-state index contributed by atoms with van der Waals surface area (Å²) in [5.41, 5.74) is 0. The Labute approximate surface area is 85.4 Å². The molecule has 0 spiro atoms. The second-order valence-electron chi connectivity index (χ2n) is 3.64. The molecule has 2 N–H and O–H groups in total. The average Bonchev–Trinajstić information content (AvgIpc) is 2.25. The van der Waals surface area contributed by atoms with Crippen molar-refractivity contribution < 1.29 is 9.53 Å². The molecule has 0 saturated carbocycles. The number of hydrogen-bond acceptors (Lipinski definition) is 3. The van der Waals surface area contributed by atoms with Crippen LogP contribution in [-0.2, 0) is 9.53 Å². The summed E-state index contributed by atoms with van der Waals surface area (Å²) in [6.45, 7) is 2.39. The lowest BCUT2D eigenvalue weighted by Gasteiger charge is -2.22. The average molecular weight is 200 g/mol. The molecule has 1 saturated heterocycles. The Morgan fingerprint density at radius 2 is 2.43 bits per heavy atom. The first-order chi connectivity index (χ1) is 6.84. The van der Waals surface area contributed by atoms with E-state index in [1.54, 1.807) is 7.11 Å². The third kappa shape index (κ3) is 4.07. The largest absolute Gasteiger partial charge is 0.385 e. The zero-order valence-corrected chi connectivity index (χ0v) is 8.84. The van der Waals surface area contributed by atoms with Crippen LogP contribution in [0.15, 0.2) is 0 Å². The lowest BCUT2D eigenvalue weighted by Crippen LogP contribution is -2.46. The predicted octanol–water partition coefficient (Wildman–Crippen LogP) is 0.281. The molecule has 1 rings (SSSR count). The first kappa shape index (κ1) is 11.5. The maximum atomic E-state index is 11.5. The van der Waals surface area contributed by atoms with Gasteiger partial charge in [0.15, 0.2) is 0 Å². The van der Waals surface area contributed by atoms with E-state index in [0.29, 0.717) is 13.2 Å². The minimum atomic E-state index is 0.0336. The van der Waals surface area contributed by atoms with Crippen LogP contribution < -0.4 is 10.6 Å².